The highest BCUT2D eigenvalue weighted by Crippen LogP contribution is 2.33. The van der Waals surface area contributed by atoms with Crippen molar-refractivity contribution in [2.45, 2.75) is 32.4 Å². The van der Waals surface area contributed by atoms with E-state index in [1.807, 2.05) is 66.2 Å². The molecule has 1 saturated heterocycles. The highest BCUT2D eigenvalue weighted by Gasteiger charge is 2.36. The molecule has 0 spiro atoms. The molecule has 1 aliphatic rings. The number of amides is 2. The number of likely N-dealkylation sites (N-methyl/N-ethyl adjacent to an activating group) is 1. The largest absolute Gasteiger partial charge is 0.496 e. The highest BCUT2D eigenvalue weighted by molar-refractivity contribution is 5.89. The summed E-state index contributed by atoms with van der Waals surface area (Å²) in [7, 11) is 3.46. The van der Waals surface area contributed by atoms with Crippen LogP contribution in [0.25, 0.3) is 11.1 Å². The van der Waals surface area contributed by atoms with Crippen LogP contribution in [0.3, 0.4) is 0 Å². The number of para-hydroxylation sites is 1. The molecule has 172 valence electrons. The Kier molecular flexibility index (Phi) is 6.77. The van der Waals surface area contributed by atoms with Crippen LogP contribution in [-0.4, -0.2) is 64.7 Å². The SMILES string of the molecule is COc1ccccc1-c1ccccc1C[C@@H]1C(=O)N(C)CCN1C(=O)CCn1nccc1C. The second-order valence-electron chi connectivity index (χ2n) is 8.37. The Morgan fingerprint density at radius 2 is 1.79 bits per heavy atom. The van der Waals surface area contributed by atoms with E-state index in [0.29, 0.717) is 32.5 Å². The third-order valence-corrected chi connectivity index (χ3v) is 6.33. The lowest BCUT2D eigenvalue weighted by Crippen LogP contribution is -2.58. The van der Waals surface area contributed by atoms with Crippen molar-refractivity contribution in [1.82, 2.24) is 19.6 Å². The Labute approximate surface area is 194 Å². The summed E-state index contributed by atoms with van der Waals surface area (Å²) >= 11 is 0. The molecule has 3 aromatic rings. The summed E-state index contributed by atoms with van der Waals surface area (Å²) in [6.07, 6.45) is 2.49. The summed E-state index contributed by atoms with van der Waals surface area (Å²) in [4.78, 5) is 29.9. The van der Waals surface area contributed by atoms with Crippen molar-refractivity contribution in [2.24, 2.45) is 0 Å². The fourth-order valence-corrected chi connectivity index (χ4v) is 4.42. The maximum Gasteiger partial charge on any atom is 0.245 e. The molecule has 0 bridgehead atoms. The van der Waals surface area contributed by atoms with Crippen LogP contribution in [0.1, 0.15) is 17.7 Å². The number of piperazine rings is 1. The fraction of sp³-hybridized carbons (Fsp3) is 0.346. The minimum Gasteiger partial charge on any atom is -0.496 e. The van der Waals surface area contributed by atoms with E-state index in [0.717, 1.165) is 28.1 Å². The van der Waals surface area contributed by atoms with Gasteiger partial charge in [0, 0.05) is 57.0 Å². The molecule has 1 fully saturated rings. The molecular formula is C26H30N4O3. The first-order valence-corrected chi connectivity index (χ1v) is 11.2. The van der Waals surface area contributed by atoms with Crippen molar-refractivity contribution in [2.75, 3.05) is 27.2 Å². The van der Waals surface area contributed by atoms with E-state index in [2.05, 4.69) is 5.10 Å². The van der Waals surface area contributed by atoms with E-state index in [9.17, 15) is 9.59 Å². The first-order chi connectivity index (χ1) is 16.0. The third-order valence-electron chi connectivity index (χ3n) is 6.33. The molecule has 0 unspecified atom stereocenters. The standard InChI is InChI=1S/C26H30N4O3/c1-19-12-14-27-30(19)15-13-25(31)29-17-16-28(2)26(32)23(29)18-20-8-4-5-9-21(20)22-10-6-7-11-24(22)33-3/h4-12,14,23H,13,15-18H2,1-3H3/t23-/m1/s1. The molecular weight excluding hydrogens is 416 g/mol. The number of methoxy groups -OCH3 is 1. The third kappa shape index (κ3) is 4.77. The summed E-state index contributed by atoms with van der Waals surface area (Å²) in [5.74, 6) is 0.727. The van der Waals surface area contributed by atoms with Crippen LogP contribution in [0.5, 0.6) is 5.75 Å². The molecule has 1 aliphatic heterocycles. The maximum absolute atomic E-state index is 13.2. The smallest absolute Gasteiger partial charge is 0.245 e. The van der Waals surface area contributed by atoms with E-state index in [-0.39, 0.29) is 11.8 Å². The van der Waals surface area contributed by atoms with Crippen molar-refractivity contribution >= 4 is 11.8 Å². The zero-order chi connectivity index (χ0) is 23.4. The molecule has 0 radical (unpaired) electrons. The molecule has 0 N–H and O–H groups in total. The first kappa shape index (κ1) is 22.6. The zero-order valence-corrected chi connectivity index (χ0v) is 19.4. The van der Waals surface area contributed by atoms with E-state index < -0.39 is 6.04 Å². The van der Waals surface area contributed by atoms with Crippen molar-refractivity contribution in [3.05, 3.63) is 72.1 Å². The number of carbonyl (C=O) groups excluding carboxylic acids is 2. The Balaban J connectivity index is 1.60. The molecule has 0 saturated carbocycles. The first-order valence-electron chi connectivity index (χ1n) is 11.2. The number of carbonyl (C=O) groups is 2. The van der Waals surface area contributed by atoms with E-state index >= 15 is 0 Å². The lowest BCUT2D eigenvalue weighted by Gasteiger charge is -2.39. The minimum atomic E-state index is -0.536. The number of hydrogen-bond acceptors (Lipinski definition) is 4. The second kappa shape index (κ2) is 9.90. The Morgan fingerprint density at radius 1 is 1.06 bits per heavy atom. The van der Waals surface area contributed by atoms with Crippen molar-refractivity contribution in [3.8, 4) is 16.9 Å². The molecule has 7 nitrogen and oxygen atoms in total. The fourth-order valence-electron chi connectivity index (χ4n) is 4.42. The summed E-state index contributed by atoms with van der Waals surface area (Å²) < 4.78 is 7.39. The van der Waals surface area contributed by atoms with E-state index in [1.54, 1.807) is 30.2 Å². The second-order valence-corrected chi connectivity index (χ2v) is 8.37. The van der Waals surface area contributed by atoms with Gasteiger partial charge in [0.2, 0.25) is 11.8 Å². The van der Waals surface area contributed by atoms with Crippen molar-refractivity contribution < 1.29 is 14.3 Å². The van der Waals surface area contributed by atoms with Crippen LogP contribution >= 0.6 is 0 Å². The number of benzene rings is 2. The van der Waals surface area contributed by atoms with Crippen LogP contribution in [0, 0.1) is 6.92 Å². The predicted molar refractivity (Wildman–Crippen MR) is 127 cm³/mol. The van der Waals surface area contributed by atoms with Gasteiger partial charge in [0.25, 0.3) is 0 Å². The average Bonchev–Trinajstić information content (AvgIpc) is 3.25. The zero-order valence-electron chi connectivity index (χ0n) is 19.4. The molecule has 1 atom stereocenters. The van der Waals surface area contributed by atoms with Crippen molar-refractivity contribution in [1.29, 1.82) is 0 Å². The van der Waals surface area contributed by atoms with E-state index in [4.69, 9.17) is 4.74 Å². The van der Waals surface area contributed by atoms with Gasteiger partial charge in [0.1, 0.15) is 11.8 Å². The van der Waals surface area contributed by atoms with Crippen LogP contribution in [0.15, 0.2) is 60.8 Å². The monoisotopic (exact) mass is 446 g/mol. The molecule has 7 heteroatoms. The Morgan fingerprint density at radius 3 is 2.52 bits per heavy atom. The summed E-state index contributed by atoms with van der Waals surface area (Å²) in [6, 6.07) is 17.3. The average molecular weight is 447 g/mol. The lowest BCUT2D eigenvalue weighted by molar-refractivity contribution is -0.150. The molecule has 2 amide bonds. The van der Waals surface area contributed by atoms with Crippen LogP contribution in [0.4, 0.5) is 0 Å². The number of ether oxygens (including phenoxy) is 1. The molecule has 4 rings (SSSR count). The molecule has 2 heterocycles. The van der Waals surface area contributed by atoms with Crippen LogP contribution < -0.4 is 4.74 Å². The number of aromatic nitrogens is 2. The van der Waals surface area contributed by atoms with Gasteiger partial charge in [0.15, 0.2) is 0 Å². The molecule has 1 aromatic heterocycles. The summed E-state index contributed by atoms with van der Waals surface area (Å²) in [5, 5.41) is 4.27. The minimum absolute atomic E-state index is 0.0221. The number of rotatable bonds is 7. The maximum atomic E-state index is 13.2. The molecule has 0 aliphatic carbocycles. The summed E-state index contributed by atoms with van der Waals surface area (Å²) in [6.45, 7) is 3.54. The van der Waals surface area contributed by atoms with Gasteiger partial charge in [0.05, 0.1) is 7.11 Å². The van der Waals surface area contributed by atoms with Crippen LogP contribution in [-0.2, 0) is 22.6 Å². The van der Waals surface area contributed by atoms with Crippen LogP contribution in [0.2, 0.25) is 0 Å². The van der Waals surface area contributed by atoms with Gasteiger partial charge in [-0.25, -0.2) is 0 Å². The number of aryl methyl sites for hydroxylation is 2. The number of nitrogens with zero attached hydrogens (tertiary/aromatic N) is 4. The predicted octanol–water partition coefficient (Wildman–Crippen LogP) is 3.17. The van der Waals surface area contributed by atoms with Gasteiger partial charge >= 0.3 is 0 Å². The highest BCUT2D eigenvalue weighted by atomic mass is 16.5. The van der Waals surface area contributed by atoms with Gasteiger partial charge in [-0.2, -0.15) is 5.10 Å². The van der Waals surface area contributed by atoms with E-state index in [1.165, 1.54) is 0 Å². The molecule has 33 heavy (non-hydrogen) atoms. The Bertz CT molecular complexity index is 1140. The van der Waals surface area contributed by atoms with Gasteiger partial charge in [-0.15, -0.1) is 0 Å². The summed E-state index contributed by atoms with van der Waals surface area (Å²) in [5.41, 5.74) is 4.01. The van der Waals surface area contributed by atoms with Gasteiger partial charge in [-0.05, 0) is 30.2 Å². The van der Waals surface area contributed by atoms with Gasteiger partial charge in [-0.1, -0.05) is 42.5 Å². The topological polar surface area (TPSA) is 67.7 Å². The van der Waals surface area contributed by atoms with Gasteiger partial charge < -0.3 is 14.5 Å². The van der Waals surface area contributed by atoms with Gasteiger partial charge in [-0.3, -0.25) is 14.3 Å². The lowest BCUT2D eigenvalue weighted by atomic mass is 9.92. The number of hydrogen-bond donors (Lipinski definition) is 0. The normalized spacial score (nSPS) is 16.2. The quantitative estimate of drug-likeness (QED) is 0.559. The Hall–Kier alpha value is -3.61. The molecule has 2 aromatic carbocycles. The van der Waals surface area contributed by atoms with Crippen molar-refractivity contribution in [3.63, 3.8) is 0 Å².